The van der Waals surface area contributed by atoms with Crippen LogP contribution in [0.25, 0.3) is 0 Å². The predicted octanol–water partition coefficient (Wildman–Crippen LogP) is 0.235. The molecule has 1 fully saturated rings. The van der Waals surface area contributed by atoms with Crippen LogP contribution in [0.15, 0.2) is 0 Å². The van der Waals surface area contributed by atoms with Gasteiger partial charge in [-0.1, -0.05) is 0 Å². The van der Waals surface area contributed by atoms with Crippen molar-refractivity contribution in [2.24, 2.45) is 0 Å². The van der Waals surface area contributed by atoms with Crippen LogP contribution in [0, 0.1) is 0 Å². The molecule has 0 aromatic carbocycles. The van der Waals surface area contributed by atoms with E-state index in [0.717, 1.165) is 13.1 Å². The quantitative estimate of drug-likeness (QED) is 0.683. The summed E-state index contributed by atoms with van der Waals surface area (Å²) in [7, 11) is 0. The molecule has 1 heterocycles. The molecular formula is C10H17NO4. The third kappa shape index (κ3) is 3.87. The molecule has 0 aromatic rings. The van der Waals surface area contributed by atoms with Crippen LogP contribution in [0.1, 0.15) is 26.7 Å². The van der Waals surface area contributed by atoms with Crippen LogP contribution in [0.5, 0.6) is 0 Å². The molecule has 5 heteroatoms. The third-order valence-corrected chi connectivity index (χ3v) is 2.41. The molecule has 0 spiro atoms. The number of esters is 2. The van der Waals surface area contributed by atoms with Gasteiger partial charge in [0.25, 0.3) is 0 Å². The van der Waals surface area contributed by atoms with Crippen molar-refractivity contribution in [2.45, 2.75) is 32.3 Å². The van der Waals surface area contributed by atoms with Crippen molar-refractivity contribution in [1.29, 1.82) is 0 Å². The SMILES string of the molecule is CC(=O)OCC1(OC(C)=O)CCNCC1. The fraction of sp³-hybridized carbons (Fsp3) is 0.800. The van der Waals surface area contributed by atoms with E-state index in [2.05, 4.69) is 5.32 Å². The Kier molecular flexibility index (Phi) is 4.08. The maximum absolute atomic E-state index is 11.0. The molecule has 0 saturated carbocycles. The number of nitrogens with one attached hydrogen (secondary N) is 1. The summed E-state index contributed by atoms with van der Waals surface area (Å²) >= 11 is 0. The molecule has 0 unspecified atom stereocenters. The zero-order valence-electron chi connectivity index (χ0n) is 9.17. The highest BCUT2D eigenvalue weighted by atomic mass is 16.6. The molecule has 0 amide bonds. The Balaban J connectivity index is 2.57. The van der Waals surface area contributed by atoms with E-state index in [0.29, 0.717) is 12.8 Å². The number of hydrogen-bond acceptors (Lipinski definition) is 5. The standard InChI is InChI=1S/C10H17NO4/c1-8(12)14-7-10(15-9(2)13)3-5-11-6-4-10/h11H,3-7H2,1-2H3. The monoisotopic (exact) mass is 215 g/mol. The molecule has 15 heavy (non-hydrogen) atoms. The van der Waals surface area contributed by atoms with Gasteiger partial charge in [-0.3, -0.25) is 9.59 Å². The molecule has 0 bridgehead atoms. The molecule has 1 aliphatic heterocycles. The van der Waals surface area contributed by atoms with E-state index in [4.69, 9.17) is 9.47 Å². The molecule has 1 N–H and O–H groups in total. The number of ether oxygens (including phenoxy) is 2. The molecule has 0 radical (unpaired) electrons. The Morgan fingerprint density at radius 3 is 2.27 bits per heavy atom. The molecule has 1 rings (SSSR count). The number of carbonyl (C=O) groups is 2. The summed E-state index contributed by atoms with van der Waals surface area (Å²) in [6.07, 6.45) is 1.36. The average molecular weight is 215 g/mol. The molecule has 1 saturated heterocycles. The van der Waals surface area contributed by atoms with Crippen LogP contribution in [0.3, 0.4) is 0 Å². The molecule has 0 aliphatic carbocycles. The van der Waals surface area contributed by atoms with Crippen molar-refractivity contribution in [1.82, 2.24) is 5.32 Å². The number of rotatable bonds is 3. The van der Waals surface area contributed by atoms with Gasteiger partial charge in [0.1, 0.15) is 12.2 Å². The lowest BCUT2D eigenvalue weighted by Gasteiger charge is -2.35. The second kappa shape index (κ2) is 5.11. The van der Waals surface area contributed by atoms with E-state index in [9.17, 15) is 9.59 Å². The van der Waals surface area contributed by atoms with Crippen LogP contribution in [0.2, 0.25) is 0 Å². The minimum atomic E-state index is -0.622. The minimum Gasteiger partial charge on any atom is -0.462 e. The Morgan fingerprint density at radius 1 is 1.20 bits per heavy atom. The van der Waals surface area contributed by atoms with Crippen LogP contribution in [-0.4, -0.2) is 37.2 Å². The van der Waals surface area contributed by atoms with E-state index in [1.807, 2.05) is 0 Å². The smallest absolute Gasteiger partial charge is 0.303 e. The van der Waals surface area contributed by atoms with Crippen LogP contribution >= 0.6 is 0 Å². The first kappa shape index (κ1) is 12.0. The van der Waals surface area contributed by atoms with E-state index in [1.165, 1.54) is 13.8 Å². The lowest BCUT2D eigenvalue weighted by molar-refractivity contribution is -0.173. The van der Waals surface area contributed by atoms with Crippen molar-refractivity contribution in [2.75, 3.05) is 19.7 Å². The van der Waals surface area contributed by atoms with Crippen LogP contribution in [0.4, 0.5) is 0 Å². The summed E-state index contributed by atoms with van der Waals surface area (Å²) in [5, 5.41) is 3.17. The topological polar surface area (TPSA) is 64.6 Å². The molecular weight excluding hydrogens is 198 g/mol. The highest BCUT2D eigenvalue weighted by Gasteiger charge is 2.36. The van der Waals surface area contributed by atoms with Gasteiger partial charge in [-0.25, -0.2) is 0 Å². The summed E-state index contributed by atoms with van der Waals surface area (Å²) < 4.78 is 10.2. The maximum atomic E-state index is 11.0. The fourth-order valence-electron chi connectivity index (χ4n) is 1.70. The second-order valence-electron chi connectivity index (χ2n) is 3.81. The first-order valence-corrected chi connectivity index (χ1v) is 5.08. The van der Waals surface area contributed by atoms with Gasteiger partial charge >= 0.3 is 11.9 Å². The Morgan fingerprint density at radius 2 is 1.80 bits per heavy atom. The van der Waals surface area contributed by atoms with Crippen LogP contribution < -0.4 is 5.32 Å². The zero-order valence-corrected chi connectivity index (χ0v) is 9.17. The molecule has 86 valence electrons. The summed E-state index contributed by atoms with van der Waals surface area (Å²) in [6, 6.07) is 0. The maximum Gasteiger partial charge on any atom is 0.303 e. The zero-order chi connectivity index (χ0) is 11.3. The van der Waals surface area contributed by atoms with Gasteiger partial charge in [-0.15, -0.1) is 0 Å². The van der Waals surface area contributed by atoms with Crippen molar-refractivity contribution in [3.63, 3.8) is 0 Å². The third-order valence-electron chi connectivity index (χ3n) is 2.41. The first-order valence-electron chi connectivity index (χ1n) is 5.08. The highest BCUT2D eigenvalue weighted by Crippen LogP contribution is 2.23. The molecule has 0 atom stereocenters. The summed E-state index contributed by atoms with van der Waals surface area (Å²) in [5.74, 6) is -0.677. The minimum absolute atomic E-state index is 0.156. The van der Waals surface area contributed by atoms with Crippen molar-refractivity contribution >= 4 is 11.9 Å². The van der Waals surface area contributed by atoms with Gasteiger partial charge in [0, 0.05) is 26.7 Å². The van der Waals surface area contributed by atoms with Gasteiger partial charge < -0.3 is 14.8 Å². The van der Waals surface area contributed by atoms with E-state index in [1.54, 1.807) is 0 Å². The van der Waals surface area contributed by atoms with Crippen molar-refractivity contribution in [3.05, 3.63) is 0 Å². The van der Waals surface area contributed by atoms with Crippen molar-refractivity contribution < 1.29 is 19.1 Å². The largest absolute Gasteiger partial charge is 0.462 e. The lowest BCUT2D eigenvalue weighted by atomic mass is 9.93. The second-order valence-corrected chi connectivity index (χ2v) is 3.81. The van der Waals surface area contributed by atoms with Gasteiger partial charge in [-0.05, 0) is 13.1 Å². The number of carbonyl (C=O) groups excluding carboxylic acids is 2. The normalized spacial score (nSPS) is 19.3. The summed E-state index contributed by atoms with van der Waals surface area (Å²) in [6.45, 7) is 4.42. The first-order chi connectivity index (χ1) is 7.04. The predicted molar refractivity (Wildman–Crippen MR) is 53.2 cm³/mol. The van der Waals surface area contributed by atoms with Crippen molar-refractivity contribution in [3.8, 4) is 0 Å². The Bertz CT molecular complexity index is 246. The molecule has 1 aliphatic rings. The Labute approximate surface area is 89.1 Å². The summed E-state index contributed by atoms with van der Waals surface area (Å²) in [5.41, 5.74) is -0.622. The fourth-order valence-corrected chi connectivity index (χ4v) is 1.70. The highest BCUT2D eigenvalue weighted by molar-refractivity contribution is 5.67. The molecule has 5 nitrogen and oxygen atoms in total. The summed E-state index contributed by atoms with van der Waals surface area (Å²) in [4.78, 5) is 21.7. The van der Waals surface area contributed by atoms with E-state index >= 15 is 0 Å². The van der Waals surface area contributed by atoms with Gasteiger partial charge in [0.05, 0.1) is 0 Å². The molecule has 0 aromatic heterocycles. The van der Waals surface area contributed by atoms with E-state index < -0.39 is 5.60 Å². The van der Waals surface area contributed by atoms with Crippen LogP contribution in [-0.2, 0) is 19.1 Å². The Hall–Kier alpha value is -1.10. The van der Waals surface area contributed by atoms with E-state index in [-0.39, 0.29) is 18.5 Å². The average Bonchev–Trinajstić information content (AvgIpc) is 2.15. The number of hydrogen-bond donors (Lipinski definition) is 1. The van der Waals surface area contributed by atoms with Gasteiger partial charge in [0.2, 0.25) is 0 Å². The van der Waals surface area contributed by atoms with Gasteiger partial charge in [0.15, 0.2) is 0 Å². The number of piperidine rings is 1. The van der Waals surface area contributed by atoms with Gasteiger partial charge in [-0.2, -0.15) is 0 Å². The lowest BCUT2D eigenvalue weighted by Crippen LogP contribution is -2.48.